The van der Waals surface area contributed by atoms with Crippen LogP contribution in [0.5, 0.6) is 0 Å². The van der Waals surface area contributed by atoms with Crippen LogP contribution in [0.15, 0.2) is 88.4 Å². The van der Waals surface area contributed by atoms with Crippen LogP contribution in [0.25, 0.3) is 39.4 Å². The summed E-state index contributed by atoms with van der Waals surface area (Å²) in [4.78, 5) is 0.194. The van der Waals surface area contributed by atoms with Crippen LogP contribution in [0.4, 0.5) is 8.78 Å². The Morgan fingerprint density at radius 3 is 1.88 bits per heavy atom. The highest BCUT2D eigenvalue weighted by Crippen LogP contribution is 2.38. The molecule has 0 saturated carbocycles. The smallest absolute Gasteiger partial charge is 0.230 e. The predicted molar refractivity (Wildman–Crippen MR) is 117 cm³/mol. The normalized spacial score (nSPS) is 11.8. The molecule has 0 unspecified atom stereocenters. The van der Waals surface area contributed by atoms with Crippen molar-refractivity contribution in [3.05, 3.63) is 90.7 Å². The average molecular weight is 450 g/mol. The first-order chi connectivity index (χ1) is 15.3. The Morgan fingerprint density at radius 1 is 0.781 bits per heavy atom. The second kappa shape index (κ2) is 7.42. The van der Waals surface area contributed by atoms with Crippen LogP contribution >= 0.6 is 0 Å². The zero-order valence-electron chi connectivity index (χ0n) is 16.8. The van der Waals surface area contributed by atoms with Crippen LogP contribution in [-0.2, 0) is 9.84 Å². The van der Waals surface area contributed by atoms with Crippen molar-refractivity contribution in [1.82, 2.24) is 9.61 Å². The predicted octanol–water partition coefficient (Wildman–Crippen LogP) is 5.61. The lowest BCUT2D eigenvalue weighted by Crippen LogP contribution is -1.96. The average Bonchev–Trinajstić information content (AvgIpc) is 3.34. The largest absolute Gasteiger partial charge is 0.444 e. The summed E-state index contributed by atoms with van der Waals surface area (Å²) in [5, 5.41) is 4.71. The highest BCUT2D eigenvalue weighted by Gasteiger charge is 2.22. The number of benzene rings is 3. The SMILES string of the molecule is CS(=O)(=O)c1ccc(-c2c(-c3ccc(F)cc3)nn3c(-c4ccc(F)cc4)coc23)cc1. The molecule has 2 aromatic heterocycles. The van der Waals surface area contributed by atoms with Gasteiger partial charge in [-0.1, -0.05) is 12.1 Å². The van der Waals surface area contributed by atoms with E-state index >= 15 is 0 Å². The van der Waals surface area contributed by atoms with Gasteiger partial charge < -0.3 is 4.42 Å². The van der Waals surface area contributed by atoms with E-state index in [1.165, 1.54) is 42.7 Å². The summed E-state index contributed by atoms with van der Waals surface area (Å²) in [5.41, 5.74) is 4.27. The molecule has 5 nitrogen and oxygen atoms in total. The van der Waals surface area contributed by atoms with E-state index in [-0.39, 0.29) is 16.5 Å². The molecule has 2 heterocycles. The topological polar surface area (TPSA) is 64.6 Å². The maximum atomic E-state index is 13.5. The highest BCUT2D eigenvalue weighted by molar-refractivity contribution is 7.90. The molecular formula is C24H16F2N2O3S. The van der Waals surface area contributed by atoms with E-state index in [0.29, 0.717) is 39.4 Å². The van der Waals surface area contributed by atoms with Crippen LogP contribution in [0.1, 0.15) is 0 Å². The quantitative estimate of drug-likeness (QED) is 0.357. The number of hydrogen-bond donors (Lipinski definition) is 0. The molecule has 160 valence electrons. The first-order valence-corrected chi connectivity index (χ1v) is 11.5. The molecule has 32 heavy (non-hydrogen) atoms. The Balaban J connectivity index is 1.75. The number of fused-ring (bicyclic) bond motifs is 1. The van der Waals surface area contributed by atoms with Crippen molar-refractivity contribution in [1.29, 1.82) is 0 Å². The first kappa shape index (κ1) is 20.1. The Hall–Kier alpha value is -3.78. The molecule has 0 atom stereocenters. The molecule has 0 spiro atoms. The van der Waals surface area contributed by atoms with Gasteiger partial charge in [-0.3, -0.25) is 0 Å². The molecule has 0 aliphatic carbocycles. The van der Waals surface area contributed by atoms with Gasteiger partial charge in [0.15, 0.2) is 9.84 Å². The van der Waals surface area contributed by atoms with Gasteiger partial charge in [0, 0.05) is 17.4 Å². The Bertz CT molecular complexity index is 1530. The van der Waals surface area contributed by atoms with Crippen molar-refractivity contribution in [3.8, 4) is 33.6 Å². The summed E-state index contributed by atoms with van der Waals surface area (Å²) >= 11 is 0. The molecule has 5 rings (SSSR count). The van der Waals surface area contributed by atoms with Crippen molar-refractivity contribution >= 4 is 15.6 Å². The molecule has 0 fully saturated rings. The fourth-order valence-electron chi connectivity index (χ4n) is 3.59. The maximum Gasteiger partial charge on any atom is 0.230 e. The van der Waals surface area contributed by atoms with Crippen LogP contribution in [0.2, 0.25) is 0 Å². The fraction of sp³-hybridized carbons (Fsp3) is 0.0417. The molecule has 0 aliphatic rings. The minimum atomic E-state index is -3.35. The zero-order chi connectivity index (χ0) is 22.5. The lowest BCUT2D eigenvalue weighted by atomic mass is 10.0. The van der Waals surface area contributed by atoms with E-state index < -0.39 is 9.84 Å². The summed E-state index contributed by atoms with van der Waals surface area (Å²) in [6.07, 6.45) is 2.67. The van der Waals surface area contributed by atoms with Gasteiger partial charge in [-0.2, -0.15) is 9.61 Å². The standard InChI is InChI=1S/C24H16F2N2O3S/c1-32(29,30)20-12-6-16(7-13-20)22-23(17-4-10-19(26)11-5-17)27-28-21(14-31-24(22)28)15-2-8-18(25)9-3-15/h2-14H,1H3. The van der Waals surface area contributed by atoms with Crippen molar-refractivity contribution in [2.45, 2.75) is 4.90 Å². The second-order valence-corrected chi connectivity index (χ2v) is 9.39. The third-order valence-corrected chi connectivity index (χ3v) is 6.31. The van der Waals surface area contributed by atoms with Crippen LogP contribution in [0.3, 0.4) is 0 Å². The zero-order valence-corrected chi connectivity index (χ0v) is 17.6. The maximum absolute atomic E-state index is 13.5. The summed E-state index contributed by atoms with van der Waals surface area (Å²) in [7, 11) is -3.35. The minimum Gasteiger partial charge on any atom is -0.444 e. The lowest BCUT2D eigenvalue weighted by molar-refractivity contribution is 0.602. The van der Waals surface area contributed by atoms with Crippen molar-refractivity contribution in [2.75, 3.05) is 6.26 Å². The minimum absolute atomic E-state index is 0.194. The third kappa shape index (κ3) is 3.48. The number of hydrogen-bond acceptors (Lipinski definition) is 4. The second-order valence-electron chi connectivity index (χ2n) is 7.37. The third-order valence-electron chi connectivity index (χ3n) is 5.18. The Kier molecular flexibility index (Phi) is 4.67. The number of oxazole rings is 1. The molecule has 5 aromatic rings. The number of sulfone groups is 1. The van der Waals surface area contributed by atoms with E-state index in [9.17, 15) is 17.2 Å². The van der Waals surface area contributed by atoms with E-state index in [4.69, 9.17) is 9.52 Å². The summed E-state index contributed by atoms with van der Waals surface area (Å²) < 4.78 is 58.1. The number of nitrogens with zero attached hydrogens (tertiary/aromatic N) is 2. The monoisotopic (exact) mass is 450 g/mol. The van der Waals surface area contributed by atoms with Crippen LogP contribution < -0.4 is 0 Å². The fourth-order valence-corrected chi connectivity index (χ4v) is 4.22. The van der Waals surface area contributed by atoms with E-state index in [2.05, 4.69) is 0 Å². The molecular weight excluding hydrogens is 434 g/mol. The van der Waals surface area contributed by atoms with Gasteiger partial charge >= 0.3 is 0 Å². The molecule has 0 aliphatic heterocycles. The van der Waals surface area contributed by atoms with Gasteiger partial charge in [-0.25, -0.2) is 17.2 Å². The molecule has 8 heteroatoms. The molecule has 0 saturated heterocycles. The molecule has 3 aromatic carbocycles. The number of halogens is 2. The van der Waals surface area contributed by atoms with E-state index in [1.54, 1.807) is 40.9 Å². The van der Waals surface area contributed by atoms with E-state index in [1.807, 2.05) is 0 Å². The highest BCUT2D eigenvalue weighted by atomic mass is 32.2. The first-order valence-electron chi connectivity index (χ1n) is 9.64. The Morgan fingerprint density at radius 2 is 1.31 bits per heavy atom. The van der Waals surface area contributed by atoms with Crippen LogP contribution in [-0.4, -0.2) is 24.3 Å². The number of rotatable bonds is 4. The lowest BCUT2D eigenvalue weighted by Gasteiger charge is -2.04. The van der Waals surface area contributed by atoms with Gasteiger partial charge in [0.2, 0.25) is 5.71 Å². The molecule has 0 N–H and O–H groups in total. The summed E-state index contributed by atoms with van der Waals surface area (Å²) in [6.45, 7) is 0. The van der Waals surface area contributed by atoms with Crippen molar-refractivity contribution in [2.24, 2.45) is 0 Å². The van der Waals surface area contributed by atoms with Gasteiger partial charge in [0.25, 0.3) is 0 Å². The molecule has 0 radical (unpaired) electrons. The summed E-state index contributed by atoms with van der Waals surface area (Å²) in [5.74, 6) is -0.727. The van der Waals surface area contributed by atoms with Crippen molar-refractivity contribution in [3.63, 3.8) is 0 Å². The Labute approximate surface area is 182 Å². The molecule has 0 bridgehead atoms. The summed E-state index contributed by atoms with van der Waals surface area (Å²) in [6, 6.07) is 18.3. The van der Waals surface area contributed by atoms with Gasteiger partial charge in [-0.15, -0.1) is 0 Å². The van der Waals surface area contributed by atoms with Crippen molar-refractivity contribution < 1.29 is 21.6 Å². The van der Waals surface area contributed by atoms with Gasteiger partial charge in [0.05, 0.1) is 10.5 Å². The number of aromatic nitrogens is 2. The van der Waals surface area contributed by atoms with Crippen LogP contribution in [0, 0.1) is 11.6 Å². The molecule has 0 amide bonds. The van der Waals surface area contributed by atoms with E-state index in [0.717, 1.165) is 6.26 Å². The van der Waals surface area contributed by atoms with Gasteiger partial charge in [-0.05, 0) is 66.2 Å². The van der Waals surface area contributed by atoms with Gasteiger partial charge in [0.1, 0.15) is 29.3 Å².